The van der Waals surface area contributed by atoms with Gasteiger partial charge in [-0.25, -0.2) is 9.37 Å². The SMILES string of the molecule is O=C(Nc1ccccc1F)c1cccc(N2CCCc3ccccc32)n1. The van der Waals surface area contributed by atoms with E-state index in [9.17, 15) is 9.18 Å². The van der Waals surface area contributed by atoms with Crippen LogP contribution in [0.15, 0.2) is 66.7 Å². The van der Waals surface area contributed by atoms with Crippen LogP contribution in [0.4, 0.5) is 21.6 Å². The summed E-state index contributed by atoms with van der Waals surface area (Å²) < 4.78 is 13.8. The second-order valence-electron chi connectivity index (χ2n) is 6.20. The third-order valence-corrected chi connectivity index (χ3v) is 4.48. The molecule has 0 aliphatic carbocycles. The molecule has 1 aromatic heterocycles. The molecule has 0 bridgehead atoms. The van der Waals surface area contributed by atoms with E-state index in [4.69, 9.17) is 0 Å². The van der Waals surface area contributed by atoms with Gasteiger partial charge in [-0.3, -0.25) is 4.79 Å². The van der Waals surface area contributed by atoms with Crippen LogP contribution in [0.3, 0.4) is 0 Å². The van der Waals surface area contributed by atoms with Gasteiger partial charge in [-0.2, -0.15) is 0 Å². The van der Waals surface area contributed by atoms with Crippen LogP contribution in [-0.4, -0.2) is 17.4 Å². The normalized spacial score (nSPS) is 13.2. The Balaban J connectivity index is 1.62. The summed E-state index contributed by atoms with van der Waals surface area (Å²) in [7, 11) is 0. The number of aromatic nitrogens is 1. The van der Waals surface area contributed by atoms with E-state index in [-0.39, 0.29) is 11.4 Å². The smallest absolute Gasteiger partial charge is 0.274 e. The van der Waals surface area contributed by atoms with E-state index in [1.165, 1.54) is 17.7 Å². The number of carbonyl (C=O) groups excluding carboxylic acids is 1. The lowest BCUT2D eigenvalue weighted by Gasteiger charge is -2.30. The molecule has 1 N–H and O–H groups in total. The van der Waals surface area contributed by atoms with Gasteiger partial charge < -0.3 is 10.2 Å². The molecule has 26 heavy (non-hydrogen) atoms. The fourth-order valence-electron chi connectivity index (χ4n) is 3.22. The van der Waals surface area contributed by atoms with Crippen molar-refractivity contribution < 1.29 is 9.18 Å². The van der Waals surface area contributed by atoms with Crippen molar-refractivity contribution in [3.63, 3.8) is 0 Å². The van der Waals surface area contributed by atoms with Gasteiger partial charge in [-0.15, -0.1) is 0 Å². The van der Waals surface area contributed by atoms with Crippen LogP contribution in [-0.2, 0) is 6.42 Å². The first-order chi connectivity index (χ1) is 12.7. The molecule has 4 nitrogen and oxygen atoms in total. The van der Waals surface area contributed by atoms with E-state index in [0.717, 1.165) is 30.9 Å². The van der Waals surface area contributed by atoms with Gasteiger partial charge in [0, 0.05) is 12.2 Å². The number of nitrogens with one attached hydrogen (secondary N) is 1. The Kier molecular flexibility index (Phi) is 4.35. The Morgan fingerprint density at radius 1 is 1.00 bits per heavy atom. The molecule has 0 saturated heterocycles. The maximum Gasteiger partial charge on any atom is 0.274 e. The molecule has 0 atom stereocenters. The van der Waals surface area contributed by atoms with E-state index < -0.39 is 11.7 Å². The van der Waals surface area contributed by atoms with Crippen molar-refractivity contribution in [3.05, 3.63) is 83.8 Å². The topological polar surface area (TPSA) is 45.2 Å². The molecular formula is C21H18FN3O. The van der Waals surface area contributed by atoms with Gasteiger partial charge in [0.2, 0.25) is 0 Å². The highest BCUT2D eigenvalue weighted by Gasteiger charge is 2.20. The van der Waals surface area contributed by atoms with Crippen molar-refractivity contribution in [2.24, 2.45) is 0 Å². The molecule has 5 heteroatoms. The summed E-state index contributed by atoms with van der Waals surface area (Å²) in [5, 5.41) is 2.58. The zero-order valence-electron chi connectivity index (χ0n) is 14.2. The number of halogens is 1. The first kappa shape index (κ1) is 16.3. The second-order valence-corrected chi connectivity index (χ2v) is 6.20. The first-order valence-corrected chi connectivity index (χ1v) is 8.61. The summed E-state index contributed by atoms with van der Waals surface area (Å²) in [6.07, 6.45) is 2.07. The average molecular weight is 347 g/mol. The lowest BCUT2D eigenvalue weighted by atomic mass is 10.0. The average Bonchev–Trinajstić information content (AvgIpc) is 2.69. The van der Waals surface area contributed by atoms with Crippen molar-refractivity contribution in [1.29, 1.82) is 0 Å². The third-order valence-electron chi connectivity index (χ3n) is 4.48. The Hall–Kier alpha value is -3.21. The van der Waals surface area contributed by atoms with Gasteiger partial charge >= 0.3 is 0 Å². The number of benzene rings is 2. The number of amides is 1. The molecular weight excluding hydrogens is 329 g/mol. The van der Waals surface area contributed by atoms with Crippen molar-refractivity contribution in [2.75, 3.05) is 16.8 Å². The minimum absolute atomic E-state index is 0.146. The molecule has 3 aromatic rings. The summed E-state index contributed by atoms with van der Waals surface area (Å²) in [4.78, 5) is 19.1. The van der Waals surface area contributed by atoms with Gasteiger partial charge in [-0.05, 0) is 48.7 Å². The van der Waals surface area contributed by atoms with Gasteiger partial charge in [0.25, 0.3) is 5.91 Å². The Labute approximate surface area is 151 Å². The van der Waals surface area contributed by atoms with E-state index in [1.807, 2.05) is 18.2 Å². The van der Waals surface area contributed by atoms with E-state index in [1.54, 1.807) is 24.3 Å². The van der Waals surface area contributed by atoms with Gasteiger partial charge in [0.1, 0.15) is 17.3 Å². The standard InChI is InChI=1S/C21H18FN3O/c22-16-9-2-3-10-17(16)24-21(26)18-11-5-13-20(23-18)25-14-6-8-15-7-1-4-12-19(15)25/h1-5,7,9-13H,6,8,14H2,(H,24,26). The fraction of sp³-hybridized carbons (Fsp3) is 0.143. The maximum atomic E-state index is 13.8. The highest BCUT2D eigenvalue weighted by molar-refractivity contribution is 6.03. The predicted molar refractivity (Wildman–Crippen MR) is 100 cm³/mol. The molecule has 2 aromatic carbocycles. The molecule has 0 spiro atoms. The molecule has 130 valence electrons. The molecule has 0 fully saturated rings. The Morgan fingerprint density at radius 2 is 1.81 bits per heavy atom. The molecule has 1 amide bonds. The van der Waals surface area contributed by atoms with Crippen LogP contribution < -0.4 is 10.2 Å². The zero-order chi connectivity index (χ0) is 17.9. The van der Waals surface area contributed by atoms with Crippen molar-refractivity contribution in [2.45, 2.75) is 12.8 Å². The lowest BCUT2D eigenvalue weighted by molar-refractivity contribution is 0.102. The van der Waals surface area contributed by atoms with Crippen LogP contribution in [0.25, 0.3) is 0 Å². The van der Waals surface area contributed by atoms with Crippen molar-refractivity contribution in [3.8, 4) is 0 Å². The molecule has 0 saturated carbocycles. The van der Waals surface area contributed by atoms with Gasteiger partial charge in [0.15, 0.2) is 0 Å². The van der Waals surface area contributed by atoms with Gasteiger partial charge in [-0.1, -0.05) is 36.4 Å². The van der Waals surface area contributed by atoms with Gasteiger partial charge in [0.05, 0.1) is 5.69 Å². The van der Waals surface area contributed by atoms with Crippen LogP contribution in [0.2, 0.25) is 0 Å². The number of para-hydroxylation sites is 2. The summed E-state index contributed by atoms with van der Waals surface area (Å²) in [6, 6.07) is 19.7. The highest BCUT2D eigenvalue weighted by Crippen LogP contribution is 2.32. The van der Waals surface area contributed by atoms with Crippen molar-refractivity contribution >= 4 is 23.1 Å². The number of anilines is 3. The van der Waals surface area contributed by atoms with E-state index in [0.29, 0.717) is 0 Å². The molecule has 1 aliphatic rings. The lowest BCUT2D eigenvalue weighted by Crippen LogP contribution is -2.26. The number of rotatable bonds is 3. The third kappa shape index (κ3) is 3.16. The predicted octanol–water partition coefficient (Wildman–Crippen LogP) is 4.56. The molecule has 0 radical (unpaired) electrons. The molecule has 2 heterocycles. The maximum absolute atomic E-state index is 13.8. The minimum Gasteiger partial charge on any atom is -0.326 e. The summed E-state index contributed by atoms with van der Waals surface area (Å²) in [5.74, 6) is -0.178. The number of carbonyl (C=O) groups is 1. The Morgan fingerprint density at radius 3 is 2.69 bits per heavy atom. The van der Waals surface area contributed by atoms with Crippen LogP contribution in [0, 0.1) is 5.82 Å². The molecule has 1 aliphatic heterocycles. The minimum atomic E-state index is -0.470. The first-order valence-electron chi connectivity index (χ1n) is 8.61. The quantitative estimate of drug-likeness (QED) is 0.755. The largest absolute Gasteiger partial charge is 0.326 e. The van der Waals surface area contributed by atoms with E-state index in [2.05, 4.69) is 27.3 Å². The number of fused-ring (bicyclic) bond motifs is 1. The van der Waals surface area contributed by atoms with Crippen LogP contribution in [0.5, 0.6) is 0 Å². The van der Waals surface area contributed by atoms with Crippen LogP contribution >= 0.6 is 0 Å². The second kappa shape index (κ2) is 6.96. The summed E-state index contributed by atoms with van der Waals surface area (Å²) in [5.41, 5.74) is 2.81. The summed E-state index contributed by atoms with van der Waals surface area (Å²) >= 11 is 0. The zero-order valence-corrected chi connectivity index (χ0v) is 14.2. The Bertz CT molecular complexity index is 957. The van der Waals surface area contributed by atoms with Crippen LogP contribution in [0.1, 0.15) is 22.5 Å². The molecule has 4 rings (SSSR count). The van der Waals surface area contributed by atoms with E-state index >= 15 is 0 Å². The highest BCUT2D eigenvalue weighted by atomic mass is 19.1. The number of hydrogen-bond donors (Lipinski definition) is 1. The number of hydrogen-bond acceptors (Lipinski definition) is 3. The summed E-state index contributed by atoms with van der Waals surface area (Å²) in [6.45, 7) is 0.850. The number of nitrogens with zero attached hydrogens (tertiary/aromatic N) is 2. The number of pyridine rings is 1. The monoisotopic (exact) mass is 347 g/mol. The fourth-order valence-corrected chi connectivity index (χ4v) is 3.22. The molecule has 0 unspecified atom stereocenters. The number of aryl methyl sites for hydroxylation is 1. The van der Waals surface area contributed by atoms with Crippen molar-refractivity contribution in [1.82, 2.24) is 4.98 Å².